The number of para-hydroxylation sites is 1. The molecule has 2 rings (SSSR count). The van der Waals surface area contributed by atoms with E-state index in [1.165, 1.54) is 0 Å². The van der Waals surface area contributed by atoms with Crippen LogP contribution in [0.25, 0.3) is 0 Å². The molecule has 0 aliphatic heterocycles. The molecule has 0 fully saturated rings. The molecule has 112 valence electrons. The quantitative estimate of drug-likeness (QED) is 0.811. The van der Waals surface area contributed by atoms with Crippen LogP contribution in [0.3, 0.4) is 0 Å². The summed E-state index contributed by atoms with van der Waals surface area (Å²) < 4.78 is 11.2. The minimum atomic E-state index is -0.694. The third-order valence-electron chi connectivity index (χ3n) is 3.32. The van der Waals surface area contributed by atoms with Crippen LogP contribution >= 0.6 is 15.9 Å². The third-order valence-corrected chi connectivity index (χ3v) is 3.94. The maximum Gasteiger partial charge on any atom is 0.142 e. The first kappa shape index (κ1) is 15.7. The average molecular weight is 352 g/mol. The van der Waals surface area contributed by atoms with Gasteiger partial charge in [0, 0.05) is 12.0 Å². The second-order valence-electron chi connectivity index (χ2n) is 4.65. The second-order valence-corrected chi connectivity index (χ2v) is 5.51. The maximum atomic E-state index is 10.4. The van der Waals surface area contributed by atoms with Crippen LogP contribution in [-0.2, 0) is 6.42 Å². The van der Waals surface area contributed by atoms with Gasteiger partial charge in [0.2, 0.25) is 0 Å². The molecule has 0 radical (unpaired) electrons. The van der Waals surface area contributed by atoms with Crippen molar-refractivity contribution in [1.29, 1.82) is 0 Å². The largest absolute Gasteiger partial charge is 0.496 e. The molecule has 4 nitrogen and oxygen atoms in total. The minimum absolute atomic E-state index is 0.458. The Morgan fingerprint density at radius 3 is 2.48 bits per heavy atom. The van der Waals surface area contributed by atoms with Crippen molar-refractivity contribution in [2.45, 2.75) is 12.5 Å². The molecular weight excluding hydrogens is 334 g/mol. The Morgan fingerprint density at radius 1 is 1.14 bits per heavy atom. The summed E-state index contributed by atoms with van der Waals surface area (Å²) in [6, 6.07) is 11.1. The highest BCUT2D eigenvalue weighted by atomic mass is 79.9. The molecule has 21 heavy (non-hydrogen) atoms. The zero-order valence-corrected chi connectivity index (χ0v) is 13.6. The number of aliphatic hydroxyl groups excluding tert-OH is 1. The second kappa shape index (κ2) is 6.83. The standard InChI is InChI=1S/C16H18BrNO3/c1-20-14-7-6-10(8-12(14)17)9-13(19)11-4-3-5-15(21-2)16(11)18/h3-8,13,19H,9,18H2,1-2H3. The molecule has 0 aromatic heterocycles. The van der Waals surface area contributed by atoms with Gasteiger partial charge in [-0.1, -0.05) is 18.2 Å². The Bertz CT molecular complexity index is 631. The number of rotatable bonds is 5. The smallest absolute Gasteiger partial charge is 0.142 e. The van der Waals surface area contributed by atoms with Gasteiger partial charge in [-0.25, -0.2) is 0 Å². The van der Waals surface area contributed by atoms with Crippen molar-refractivity contribution in [3.05, 3.63) is 52.0 Å². The van der Waals surface area contributed by atoms with E-state index in [0.29, 0.717) is 23.4 Å². The zero-order valence-electron chi connectivity index (χ0n) is 12.0. The summed E-state index contributed by atoms with van der Waals surface area (Å²) in [7, 11) is 3.17. The Morgan fingerprint density at radius 2 is 1.86 bits per heavy atom. The van der Waals surface area contributed by atoms with E-state index in [9.17, 15) is 5.11 Å². The van der Waals surface area contributed by atoms with E-state index in [0.717, 1.165) is 15.8 Å². The molecule has 0 heterocycles. The van der Waals surface area contributed by atoms with Crippen molar-refractivity contribution in [3.8, 4) is 11.5 Å². The van der Waals surface area contributed by atoms with E-state index in [4.69, 9.17) is 15.2 Å². The molecule has 0 saturated heterocycles. The molecular formula is C16H18BrNO3. The van der Waals surface area contributed by atoms with Gasteiger partial charge in [-0.05, 0) is 39.7 Å². The normalized spacial score (nSPS) is 12.0. The van der Waals surface area contributed by atoms with Crippen molar-refractivity contribution in [3.63, 3.8) is 0 Å². The first-order valence-electron chi connectivity index (χ1n) is 6.49. The summed E-state index contributed by atoms with van der Waals surface area (Å²) >= 11 is 3.44. The van der Waals surface area contributed by atoms with E-state index in [2.05, 4.69) is 15.9 Å². The predicted molar refractivity (Wildman–Crippen MR) is 86.8 cm³/mol. The van der Waals surface area contributed by atoms with Crippen LogP contribution in [-0.4, -0.2) is 19.3 Å². The number of halogens is 1. The monoisotopic (exact) mass is 351 g/mol. The summed E-state index contributed by atoms with van der Waals surface area (Å²) in [4.78, 5) is 0. The Balaban J connectivity index is 2.22. The van der Waals surface area contributed by atoms with E-state index in [1.807, 2.05) is 24.3 Å². The van der Waals surface area contributed by atoms with Gasteiger partial charge in [-0.15, -0.1) is 0 Å². The number of nitrogen functional groups attached to an aromatic ring is 1. The molecule has 1 unspecified atom stereocenters. The lowest BCUT2D eigenvalue weighted by molar-refractivity contribution is 0.179. The Hall–Kier alpha value is -1.72. The van der Waals surface area contributed by atoms with Crippen molar-refractivity contribution < 1.29 is 14.6 Å². The van der Waals surface area contributed by atoms with Crippen molar-refractivity contribution in [1.82, 2.24) is 0 Å². The molecule has 0 aliphatic carbocycles. The average Bonchev–Trinajstić information content (AvgIpc) is 2.47. The fraction of sp³-hybridized carbons (Fsp3) is 0.250. The van der Waals surface area contributed by atoms with Gasteiger partial charge < -0.3 is 20.3 Å². The van der Waals surface area contributed by atoms with Crippen LogP contribution in [0.15, 0.2) is 40.9 Å². The predicted octanol–water partition coefficient (Wildman–Crippen LogP) is 3.32. The molecule has 1 atom stereocenters. The lowest BCUT2D eigenvalue weighted by atomic mass is 9.99. The van der Waals surface area contributed by atoms with Gasteiger partial charge in [0.1, 0.15) is 11.5 Å². The van der Waals surface area contributed by atoms with Crippen molar-refractivity contribution >= 4 is 21.6 Å². The molecule has 0 amide bonds. The van der Waals surface area contributed by atoms with E-state index < -0.39 is 6.10 Å². The molecule has 0 aliphatic rings. The lowest BCUT2D eigenvalue weighted by Gasteiger charge is -2.16. The Kier molecular flexibility index (Phi) is 5.09. The van der Waals surface area contributed by atoms with Crippen LogP contribution in [0.4, 0.5) is 5.69 Å². The number of methoxy groups -OCH3 is 2. The van der Waals surface area contributed by atoms with E-state index in [1.54, 1.807) is 26.4 Å². The maximum absolute atomic E-state index is 10.4. The molecule has 0 spiro atoms. The topological polar surface area (TPSA) is 64.7 Å². The first-order chi connectivity index (χ1) is 10.1. The number of hydrogen-bond donors (Lipinski definition) is 2. The van der Waals surface area contributed by atoms with Gasteiger partial charge in [0.05, 0.1) is 30.5 Å². The Labute approximate surface area is 132 Å². The summed E-state index contributed by atoms with van der Waals surface area (Å²) in [5.74, 6) is 1.33. The number of aliphatic hydroxyl groups is 1. The fourth-order valence-corrected chi connectivity index (χ4v) is 2.79. The van der Waals surface area contributed by atoms with Crippen molar-refractivity contribution in [2.24, 2.45) is 0 Å². The minimum Gasteiger partial charge on any atom is -0.496 e. The summed E-state index contributed by atoms with van der Waals surface area (Å²) in [6.07, 6.45) is -0.236. The fourth-order valence-electron chi connectivity index (χ4n) is 2.20. The van der Waals surface area contributed by atoms with E-state index >= 15 is 0 Å². The molecule has 2 aromatic carbocycles. The summed E-state index contributed by atoms with van der Waals surface area (Å²) in [5, 5.41) is 10.4. The summed E-state index contributed by atoms with van der Waals surface area (Å²) in [5.41, 5.74) is 8.13. The van der Waals surface area contributed by atoms with E-state index in [-0.39, 0.29) is 0 Å². The van der Waals surface area contributed by atoms with Crippen LogP contribution < -0.4 is 15.2 Å². The SMILES string of the molecule is COc1ccc(CC(O)c2cccc(OC)c2N)cc1Br. The van der Waals surface area contributed by atoms with Crippen LogP contribution in [0.2, 0.25) is 0 Å². The number of ether oxygens (including phenoxy) is 2. The highest BCUT2D eigenvalue weighted by molar-refractivity contribution is 9.10. The molecule has 0 bridgehead atoms. The van der Waals surface area contributed by atoms with Gasteiger partial charge in [0.25, 0.3) is 0 Å². The summed E-state index contributed by atoms with van der Waals surface area (Å²) in [6.45, 7) is 0. The van der Waals surface area contributed by atoms with Crippen LogP contribution in [0.5, 0.6) is 11.5 Å². The molecule has 5 heteroatoms. The van der Waals surface area contributed by atoms with Gasteiger partial charge in [-0.3, -0.25) is 0 Å². The zero-order chi connectivity index (χ0) is 15.4. The lowest BCUT2D eigenvalue weighted by Crippen LogP contribution is -2.06. The number of hydrogen-bond acceptors (Lipinski definition) is 4. The number of anilines is 1. The van der Waals surface area contributed by atoms with Crippen LogP contribution in [0.1, 0.15) is 17.2 Å². The molecule has 0 saturated carbocycles. The molecule has 2 aromatic rings. The number of nitrogens with two attached hydrogens (primary N) is 1. The highest BCUT2D eigenvalue weighted by Crippen LogP contribution is 2.32. The van der Waals surface area contributed by atoms with Crippen LogP contribution in [0, 0.1) is 0 Å². The van der Waals surface area contributed by atoms with Gasteiger partial charge >= 0.3 is 0 Å². The third kappa shape index (κ3) is 3.49. The first-order valence-corrected chi connectivity index (χ1v) is 7.29. The van der Waals surface area contributed by atoms with Gasteiger partial charge in [0.15, 0.2) is 0 Å². The van der Waals surface area contributed by atoms with Gasteiger partial charge in [-0.2, -0.15) is 0 Å². The molecule has 3 N–H and O–H groups in total. The number of benzene rings is 2. The van der Waals surface area contributed by atoms with Crippen molar-refractivity contribution in [2.75, 3.05) is 20.0 Å². The highest BCUT2D eigenvalue weighted by Gasteiger charge is 2.15.